The molecule has 13 heavy (non-hydrogen) atoms. The lowest BCUT2D eigenvalue weighted by Gasteiger charge is -2.06. The zero-order valence-electron chi connectivity index (χ0n) is 7.30. The molecular weight excluding hydrogens is 170 g/mol. The summed E-state index contributed by atoms with van der Waals surface area (Å²) in [4.78, 5) is 10.5. The summed E-state index contributed by atoms with van der Waals surface area (Å²) in [7, 11) is 0. The van der Waals surface area contributed by atoms with Gasteiger partial charge in [0.25, 0.3) is 0 Å². The maximum Gasteiger partial charge on any atom is 0.306 e. The van der Waals surface area contributed by atoms with Gasteiger partial charge in [-0.25, -0.2) is 0 Å². The molecule has 4 heteroatoms. The van der Waals surface area contributed by atoms with E-state index in [1.807, 2.05) is 0 Å². The van der Waals surface area contributed by atoms with Crippen LogP contribution in [0.4, 0.5) is 0 Å². The molecule has 0 spiro atoms. The molecule has 0 radical (unpaired) electrons. The fourth-order valence-electron chi connectivity index (χ4n) is 1.02. The molecule has 0 aromatic carbocycles. The predicted octanol–water partition coefficient (Wildman–Crippen LogP) is 0.583. The third-order valence-electron chi connectivity index (χ3n) is 1.84. The van der Waals surface area contributed by atoms with Gasteiger partial charge < -0.3 is 10.3 Å². The van der Waals surface area contributed by atoms with Gasteiger partial charge in [0.1, 0.15) is 0 Å². The van der Waals surface area contributed by atoms with Crippen LogP contribution in [0.25, 0.3) is 0 Å². The number of rotatable bonds is 3. The maximum atomic E-state index is 11.1. The first kappa shape index (κ1) is 9.51. The van der Waals surface area contributed by atoms with Gasteiger partial charge in [-0.1, -0.05) is 13.0 Å². The van der Waals surface area contributed by atoms with Crippen molar-refractivity contribution >= 4 is 5.97 Å². The van der Waals surface area contributed by atoms with Crippen molar-refractivity contribution in [1.29, 1.82) is 0 Å². The number of aromatic nitrogens is 1. The highest BCUT2D eigenvalue weighted by Gasteiger charge is 2.15. The molecule has 0 aliphatic heterocycles. The summed E-state index contributed by atoms with van der Waals surface area (Å²) >= 11 is 0. The number of hydrogen-bond acceptors (Lipinski definition) is 2. The number of nitrogens with zero attached hydrogens (tertiary/aromatic N) is 1. The first-order valence-corrected chi connectivity index (χ1v) is 4.01. The van der Waals surface area contributed by atoms with Crippen molar-refractivity contribution < 1.29 is 14.6 Å². The molecular formula is C9H11NO3. The minimum Gasteiger partial charge on any atom is -0.619 e. The average molecular weight is 181 g/mol. The SMILES string of the molecule is CC(Cc1cccc[n+]1[O-])C(=O)O. The van der Waals surface area contributed by atoms with Gasteiger partial charge in [-0.05, 0) is 0 Å². The number of carboxylic acids is 1. The third kappa shape index (κ3) is 2.43. The van der Waals surface area contributed by atoms with E-state index in [4.69, 9.17) is 5.11 Å². The maximum absolute atomic E-state index is 11.1. The van der Waals surface area contributed by atoms with Crippen molar-refractivity contribution in [3.05, 3.63) is 35.3 Å². The topological polar surface area (TPSA) is 64.2 Å². The minimum atomic E-state index is -0.885. The molecule has 70 valence electrons. The highest BCUT2D eigenvalue weighted by atomic mass is 16.5. The highest BCUT2D eigenvalue weighted by molar-refractivity contribution is 5.69. The molecule has 4 nitrogen and oxygen atoms in total. The smallest absolute Gasteiger partial charge is 0.306 e. The van der Waals surface area contributed by atoms with Gasteiger partial charge >= 0.3 is 5.97 Å². The molecule has 0 saturated carbocycles. The molecule has 1 atom stereocenters. The molecule has 0 bridgehead atoms. The predicted molar refractivity (Wildman–Crippen MR) is 45.9 cm³/mol. The van der Waals surface area contributed by atoms with Gasteiger partial charge in [0.05, 0.1) is 5.92 Å². The second kappa shape index (κ2) is 3.89. The Morgan fingerprint density at radius 1 is 1.69 bits per heavy atom. The van der Waals surface area contributed by atoms with Crippen LogP contribution < -0.4 is 4.73 Å². The van der Waals surface area contributed by atoms with Gasteiger partial charge in [0.15, 0.2) is 11.9 Å². The number of carbonyl (C=O) groups is 1. The van der Waals surface area contributed by atoms with E-state index in [1.54, 1.807) is 25.1 Å². The van der Waals surface area contributed by atoms with Gasteiger partial charge in [0, 0.05) is 18.6 Å². The summed E-state index contributed by atoms with van der Waals surface area (Å²) in [6, 6.07) is 4.96. The fraction of sp³-hybridized carbons (Fsp3) is 0.333. The Morgan fingerprint density at radius 3 is 2.92 bits per heavy atom. The Morgan fingerprint density at radius 2 is 2.38 bits per heavy atom. The largest absolute Gasteiger partial charge is 0.619 e. The van der Waals surface area contributed by atoms with Gasteiger partial charge in [-0.3, -0.25) is 4.79 Å². The molecule has 1 heterocycles. The van der Waals surface area contributed by atoms with Crippen LogP contribution in [0.15, 0.2) is 24.4 Å². The van der Waals surface area contributed by atoms with Crippen molar-refractivity contribution in [3.63, 3.8) is 0 Å². The molecule has 1 aromatic heterocycles. The summed E-state index contributed by atoms with van der Waals surface area (Å²) in [6.07, 6.45) is 1.63. The van der Waals surface area contributed by atoms with E-state index in [0.717, 1.165) is 0 Å². The summed E-state index contributed by atoms with van der Waals surface area (Å²) < 4.78 is 0.694. The van der Waals surface area contributed by atoms with Crippen LogP contribution in [-0.2, 0) is 11.2 Å². The van der Waals surface area contributed by atoms with E-state index >= 15 is 0 Å². The van der Waals surface area contributed by atoms with Crippen molar-refractivity contribution in [2.75, 3.05) is 0 Å². The molecule has 0 aliphatic rings. The average Bonchev–Trinajstić information content (AvgIpc) is 2.08. The first-order chi connectivity index (χ1) is 6.11. The van der Waals surface area contributed by atoms with Gasteiger partial charge in [0.2, 0.25) is 0 Å². The van der Waals surface area contributed by atoms with Gasteiger partial charge in [-0.2, -0.15) is 4.73 Å². The monoisotopic (exact) mass is 181 g/mol. The van der Waals surface area contributed by atoms with E-state index in [1.165, 1.54) is 6.20 Å². The molecule has 1 rings (SSSR count). The molecule has 1 aromatic rings. The van der Waals surface area contributed by atoms with Crippen LogP contribution >= 0.6 is 0 Å². The molecule has 1 unspecified atom stereocenters. The molecule has 0 fully saturated rings. The summed E-state index contributed by atoms with van der Waals surface area (Å²) in [6.45, 7) is 1.58. The highest BCUT2D eigenvalue weighted by Crippen LogP contribution is 2.03. The van der Waals surface area contributed by atoms with E-state index in [9.17, 15) is 10.0 Å². The summed E-state index contributed by atoms with van der Waals surface area (Å²) in [5.41, 5.74) is 0.484. The lowest BCUT2D eigenvalue weighted by molar-refractivity contribution is -0.614. The Kier molecular flexibility index (Phi) is 2.84. The van der Waals surface area contributed by atoms with Crippen LogP contribution in [0.2, 0.25) is 0 Å². The second-order valence-electron chi connectivity index (χ2n) is 2.96. The van der Waals surface area contributed by atoms with Crippen molar-refractivity contribution in [1.82, 2.24) is 0 Å². The zero-order valence-corrected chi connectivity index (χ0v) is 7.30. The Bertz CT molecular complexity index is 311. The van der Waals surface area contributed by atoms with Crippen molar-refractivity contribution in [2.24, 2.45) is 5.92 Å². The molecule has 0 aliphatic carbocycles. The summed E-state index contributed by atoms with van der Waals surface area (Å²) in [5.74, 6) is -1.41. The first-order valence-electron chi connectivity index (χ1n) is 4.01. The van der Waals surface area contributed by atoms with Crippen LogP contribution in [0.3, 0.4) is 0 Å². The third-order valence-corrected chi connectivity index (χ3v) is 1.84. The van der Waals surface area contributed by atoms with E-state index in [0.29, 0.717) is 10.4 Å². The Hall–Kier alpha value is -1.58. The summed E-state index contributed by atoms with van der Waals surface area (Å²) in [5, 5.41) is 19.7. The second-order valence-corrected chi connectivity index (χ2v) is 2.96. The Balaban J connectivity index is 2.74. The lowest BCUT2D eigenvalue weighted by Crippen LogP contribution is -2.32. The standard InChI is InChI=1S/C9H11NO3/c1-7(9(11)12)6-8-4-2-3-5-10(8)13/h2-5,7H,6H2,1H3,(H,11,12). The lowest BCUT2D eigenvalue weighted by atomic mass is 10.1. The number of aliphatic carboxylic acids is 1. The van der Waals surface area contributed by atoms with Gasteiger partial charge in [-0.15, -0.1) is 0 Å². The van der Waals surface area contributed by atoms with Crippen molar-refractivity contribution in [3.8, 4) is 0 Å². The van der Waals surface area contributed by atoms with Crippen molar-refractivity contribution in [2.45, 2.75) is 13.3 Å². The normalized spacial score (nSPS) is 12.4. The number of pyridine rings is 1. The quantitative estimate of drug-likeness (QED) is 0.548. The van der Waals surface area contributed by atoms with Crippen LogP contribution in [0.1, 0.15) is 12.6 Å². The van der Waals surface area contributed by atoms with E-state index < -0.39 is 11.9 Å². The van der Waals surface area contributed by atoms with E-state index in [2.05, 4.69) is 0 Å². The van der Waals surface area contributed by atoms with Crippen LogP contribution in [-0.4, -0.2) is 11.1 Å². The molecule has 1 N–H and O–H groups in total. The van der Waals surface area contributed by atoms with E-state index in [-0.39, 0.29) is 6.42 Å². The number of carboxylic acid groups (broad SMARTS) is 1. The minimum absolute atomic E-state index is 0.264. The molecule has 0 amide bonds. The molecule has 0 saturated heterocycles. The van der Waals surface area contributed by atoms with Crippen LogP contribution in [0, 0.1) is 11.1 Å². The Labute approximate surface area is 76.0 Å². The van der Waals surface area contributed by atoms with Crippen LogP contribution in [0.5, 0.6) is 0 Å². The number of hydrogen-bond donors (Lipinski definition) is 1. The fourth-order valence-corrected chi connectivity index (χ4v) is 1.02. The zero-order chi connectivity index (χ0) is 9.84.